The Morgan fingerprint density at radius 2 is 2.21 bits per heavy atom. The lowest BCUT2D eigenvalue weighted by Crippen LogP contribution is -2.44. The monoisotopic (exact) mass is 267 g/mol. The zero-order valence-electron chi connectivity index (χ0n) is 11.2. The van der Waals surface area contributed by atoms with E-state index in [1.54, 1.807) is 24.8 Å². The molecule has 0 saturated carbocycles. The highest BCUT2D eigenvalue weighted by molar-refractivity contribution is 5.92. The van der Waals surface area contributed by atoms with E-state index < -0.39 is 17.9 Å². The van der Waals surface area contributed by atoms with Crippen molar-refractivity contribution in [3.05, 3.63) is 17.5 Å². The molecule has 104 valence electrons. The largest absolute Gasteiger partial charge is 0.481 e. The van der Waals surface area contributed by atoms with E-state index in [1.165, 1.54) is 4.90 Å². The third kappa shape index (κ3) is 2.46. The van der Waals surface area contributed by atoms with Crippen LogP contribution in [0.2, 0.25) is 0 Å². The van der Waals surface area contributed by atoms with Crippen molar-refractivity contribution >= 4 is 11.9 Å². The van der Waals surface area contributed by atoms with Crippen molar-refractivity contribution in [2.24, 2.45) is 13.0 Å². The van der Waals surface area contributed by atoms with Crippen LogP contribution in [0.25, 0.3) is 0 Å². The standard InChI is InChI=1S/C12H17N3O4/c1-7-4-9(13-15(7)3)11(16)14(2)10-6-19-5-8(10)12(17)18/h4,8,10H,5-6H2,1-3H3,(H,17,18). The van der Waals surface area contributed by atoms with E-state index in [9.17, 15) is 9.59 Å². The van der Waals surface area contributed by atoms with Crippen LogP contribution >= 0.6 is 0 Å². The van der Waals surface area contributed by atoms with Crippen LogP contribution in [0, 0.1) is 12.8 Å². The fourth-order valence-corrected chi connectivity index (χ4v) is 2.16. The average molecular weight is 267 g/mol. The lowest BCUT2D eigenvalue weighted by molar-refractivity contribution is -0.142. The summed E-state index contributed by atoms with van der Waals surface area (Å²) in [5.74, 6) is -1.91. The normalized spacial score (nSPS) is 22.5. The van der Waals surface area contributed by atoms with Gasteiger partial charge in [-0.1, -0.05) is 0 Å². The van der Waals surface area contributed by atoms with Gasteiger partial charge in [0.25, 0.3) is 5.91 Å². The SMILES string of the molecule is Cc1cc(C(=O)N(C)C2COCC2C(=O)O)nn1C. The molecule has 0 bridgehead atoms. The van der Waals surface area contributed by atoms with Gasteiger partial charge in [-0.3, -0.25) is 14.3 Å². The van der Waals surface area contributed by atoms with Gasteiger partial charge in [0.15, 0.2) is 5.69 Å². The van der Waals surface area contributed by atoms with Crippen LogP contribution in [0.15, 0.2) is 6.07 Å². The average Bonchev–Trinajstić information content (AvgIpc) is 2.95. The van der Waals surface area contributed by atoms with Gasteiger partial charge in [-0.15, -0.1) is 0 Å². The molecule has 2 atom stereocenters. The highest BCUT2D eigenvalue weighted by Crippen LogP contribution is 2.20. The summed E-state index contributed by atoms with van der Waals surface area (Å²) in [5.41, 5.74) is 1.19. The molecule has 0 aliphatic carbocycles. The van der Waals surface area contributed by atoms with Gasteiger partial charge >= 0.3 is 5.97 Å². The number of aryl methyl sites for hydroxylation is 2. The molecule has 0 spiro atoms. The van der Waals surface area contributed by atoms with Crippen LogP contribution in [-0.4, -0.2) is 58.0 Å². The van der Waals surface area contributed by atoms with Crippen molar-refractivity contribution in [3.8, 4) is 0 Å². The minimum atomic E-state index is -0.945. The van der Waals surface area contributed by atoms with Gasteiger partial charge in [-0.05, 0) is 13.0 Å². The van der Waals surface area contributed by atoms with Gasteiger partial charge in [0.05, 0.1) is 19.3 Å². The molecule has 2 heterocycles. The van der Waals surface area contributed by atoms with Gasteiger partial charge < -0.3 is 14.7 Å². The number of hydrogen-bond acceptors (Lipinski definition) is 4. The number of carboxylic acids is 1. The first-order valence-corrected chi connectivity index (χ1v) is 6.00. The van der Waals surface area contributed by atoms with Gasteiger partial charge in [0.1, 0.15) is 5.92 Å². The minimum absolute atomic E-state index is 0.138. The first-order chi connectivity index (χ1) is 8.91. The Bertz CT molecular complexity index is 492. The quantitative estimate of drug-likeness (QED) is 0.826. The lowest BCUT2D eigenvalue weighted by atomic mass is 10.0. The van der Waals surface area contributed by atoms with E-state index in [-0.39, 0.29) is 19.1 Å². The molecule has 1 aliphatic rings. The number of carboxylic acid groups (broad SMARTS) is 1. The first kappa shape index (κ1) is 13.5. The summed E-state index contributed by atoms with van der Waals surface area (Å²) in [6, 6.07) is 1.23. The molecule has 1 fully saturated rings. The smallest absolute Gasteiger partial charge is 0.311 e. The van der Waals surface area contributed by atoms with E-state index in [0.29, 0.717) is 5.69 Å². The Labute approximate surface area is 110 Å². The molecule has 2 rings (SSSR count). The molecule has 7 nitrogen and oxygen atoms in total. The van der Waals surface area contributed by atoms with Crippen molar-refractivity contribution in [2.45, 2.75) is 13.0 Å². The van der Waals surface area contributed by atoms with Crippen LogP contribution < -0.4 is 0 Å². The molecule has 1 saturated heterocycles. The third-order valence-corrected chi connectivity index (χ3v) is 3.52. The number of rotatable bonds is 3. The number of aromatic nitrogens is 2. The van der Waals surface area contributed by atoms with Gasteiger partial charge in [0.2, 0.25) is 0 Å². The predicted octanol–water partition coefficient (Wildman–Crippen LogP) is -0.0999. The number of ether oxygens (including phenoxy) is 1. The maximum atomic E-state index is 12.3. The number of likely N-dealkylation sites (N-methyl/N-ethyl adjacent to an activating group) is 1. The summed E-state index contributed by atoms with van der Waals surface area (Å²) in [5, 5.41) is 13.2. The highest BCUT2D eigenvalue weighted by Gasteiger charge is 2.39. The Kier molecular flexibility index (Phi) is 3.57. The van der Waals surface area contributed by atoms with Gasteiger partial charge in [0, 0.05) is 19.8 Å². The number of carbonyl (C=O) groups is 2. The second kappa shape index (κ2) is 5.00. The zero-order valence-corrected chi connectivity index (χ0v) is 11.2. The van der Waals surface area contributed by atoms with Gasteiger partial charge in [-0.25, -0.2) is 0 Å². The van der Waals surface area contributed by atoms with Crippen molar-refractivity contribution in [1.82, 2.24) is 14.7 Å². The van der Waals surface area contributed by atoms with Crippen LogP contribution in [0.5, 0.6) is 0 Å². The van der Waals surface area contributed by atoms with Crippen LogP contribution in [-0.2, 0) is 16.6 Å². The number of carbonyl (C=O) groups excluding carboxylic acids is 1. The topological polar surface area (TPSA) is 84.7 Å². The van der Waals surface area contributed by atoms with Gasteiger partial charge in [-0.2, -0.15) is 5.10 Å². The van der Waals surface area contributed by atoms with Crippen molar-refractivity contribution in [1.29, 1.82) is 0 Å². The minimum Gasteiger partial charge on any atom is -0.481 e. The maximum absolute atomic E-state index is 12.3. The van der Waals surface area contributed by atoms with E-state index in [0.717, 1.165) is 5.69 Å². The number of aliphatic carboxylic acids is 1. The fraction of sp³-hybridized carbons (Fsp3) is 0.583. The molecular formula is C12H17N3O4. The van der Waals surface area contributed by atoms with Crippen molar-refractivity contribution < 1.29 is 19.4 Å². The summed E-state index contributed by atoms with van der Waals surface area (Å²) < 4.78 is 6.78. The highest BCUT2D eigenvalue weighted by atomic mass is 16.5. The summed E-state index contributed by atoms with van der Waals surface area (Å²) in [6.07, 6.45) is 0. The molecule has 0 aromatic carbocycles. The molecule has 19 heavy (non-hydrogen) atoms. The molecule has 1 aromatic rings. The summed E-state index contributed by atoms with van der Waals surface area (Å²) in [4.78, 5) is 24.8. The molecule has 0 radical (unpaired) electrons. The lowest BCUT2D eigenvalue weighted by Gasteiger charge is -2.25. The summed E-state index contributed by atoms with van der Waals surface area (Å²) in [6.45, 7) is 2.23. The zero-order chi connectivity index (χ0) is 14.2. The van der Waals surface area contributed by atoms with Crippen LogP contribution in [0.3, 0.4) is 0 Å². The van der Waals surface area contributed by atoms with Crippen molar-refractivity contribution in [3.63, 3.8) is 0 Å². The molecule has 1 aromatic heterocycles. The second-order valence-corrected chi connectivity index (χ2v) is 4.76. The third-order valence-electron chi connectivity index (χ3n) is 3.52. The van der Waals surface area contributed by atoms with E-state index >= 15 is 0 Å². The first-order valence-electron chi connectivity index (χ1n) is 6.00. The number of nitrogens with zero attached hydrogens (tertiary/aromatic N) is 3. The summed E-state index contributed by atoms with van der Waals surface area (Å²) >= 11 is 0. The molecule has 7 heteroatoms. The molecule has 1 amide bonds. The number of hydrogen-bond donors (Lipinski definition) is 1. The van der Waals surface area contributed by atoms with E-state index in [2.05, 4.69) is 5.10 Å². The Morgan fingerprint density at radius 1 is 1.53 bits per heavy atom. The predicted molar refractivity (Wildman–Crippen MR) is 65.8 cm³/mol. The summed E-state index contributed by atoms with van der Waals surface area (Å²) in [7, 11) is 3.34. The second-order valence-electron chi connectivity index (χ2n) is 4.76. The molecular weight excluding hydrogens is 250 g/mol. The molecule has 1 aliphatic heterocycles. The molecule has 2 unspecified atom stereocenters. The van der Waals surface area contributed by atoms with Crippen LogP contribution in [0.1, 0.15) is 16.2 Å². The van der Waals surface area contributed by atoms with Crippen molar-refractivity contribution in [2.75, 3.05) is 20.3 Å². The number of amides is 1. The fourth-order valence-electron chi connectivity index (χ4n) is 2.16. The van der Waals surface area contributed by atoms with E-state index in [4.69, 9.17) is 9.84 Å². The Hall–Kier alpha value is -1.89. The Morgan fingerprint density at radius 3 is 2.74 bits per heavy atom. The van der Waals surface area contributed by atoms with E-state index in [1.807, 2.05) is 6.92 Å². The molecule has 1 N–H and O–H groups in total. The maximum Gasteiger partial charge on any atom is 0.311 e. The Balaban J connectivity index is 2.17. The van der Waals surface area contributed by atoms with Crippen LogP contribution in [0.4, 0.5) is 0 Å².